The Hall–Kier alpha value is -3.18. The van der Waals surface area contributed by atoms with Gasteiger partial charge in [0.25, 0.3) is 5.91 Å². The van der Waals surface area contributed by atoms with Gasteiger partial charge in [-0.25, -0.2) is 4.98 Å². The molecule has 2 aliphatic heterocycles. The summed E-state index contributed by atoms with van der Waals surface area (Å²) >= 11 is 0. The lowest BCUT2D eigenvalue weighted by atomic mass is 10.1. The van der Waals surface area contributed by atoms with Crippen molar-refractivity contribution in [3.05, 3.63) is 47.7 Å². The van der Waals surface area contributed by atoms with Crippen molar-refractivity contribution < 1.29 is 9.53 Å². The summed E-state index contributed by atoms with van der Waals surface area (Å²) in [5.41, 5.74) is 1.17. The molecule has 28 heavy (non-hydrogen) atoms. The van der Waals surface area contributed by atoms with Crippen molar-refractivity contribution in [1.82, 2.24) is 14.9 Å². The summed E-state index contributed by atoms with van der Waals surface area (Å²) in [6, 6.07) is 10.8. The number of ether oxygens (including phenoxy) is 1. The first-order chi connectivity index (χ1) is 13.7. The molecular formula is C20H22N6O2. The molecule has 1 amide bonds. The zero-order chi connectivity index (χ0) is 19.3. The minimum Gasteiger partial charge on any atom is -0.378 e. The van der Waals surface area contributed by atoms with E-state index in [1.54, 1.807) is 30.5 Å². The quantitative estimate of drug-likeness (QED) is 0.792. The van der Waals surface area contributed by atoms with Crippen molar-refractivity contribution in [2.75, 3.05) is 62.3 Å². The van der Waals surface area contributed by atoms with Crippen LogP contribution in [0.5, 0.6) is 0 Å². The van der Waals surface area contributed by atoms with Crippen LogP contribution < -0.4 is 9.80 Å². The molecule has 2 fully saturated rings. The molecule has 0 spiro atoms. The fraction of sp³-hybridized carbons (Fsp3) is 0.400. The van der Waals surface area contributed by atoms with Crippen LogP contribution >= 0.6 is 0 Å². The molecule has 8 nitrogen and oxygen atoms in total. The molecule has 0 radical (unpaired) electrons. The van der Waals surface area contributed by atoms with Crippen molar-refractivity contribution in [3.8, 4) is 6.07 Å². The number of benzene rings is 1. The monoisotopic (exact) mass is 378 g/mol. The maximum atomic E-state index is 12.7. The van der Waals surface area contributed by atoms with E-state index in [0.29, 0.717) is 37.4 Å². The summed E-state index contributed by atoms with van der Waals surface area (Å²) in [7, 11) is 0. The van der Waals surface area contributed by atoms with E-state index in [9.17, 15) is 4.79 Å². The van der Waals surface area contributed by atoms with E-state index < -0.39 is 0 Å². The second kappa shape index (κ2) is 8.23. The highest BCUT2D eigenvalue weighted by Gasteiger charge is 2.23. The third-order valence-electron chi connectivity index (χ3n) is 5.07. The molecule has 0 bridgehead atoms. The average Bonchev–Trinajstić information content (AvgIpc) is 2.79. The van der Waals surface area contributed by atoms with Crippen LogP contribution in [0, 0.1) is 11.3 Å². The fourth-order valence-corrected chi connectivity index (χ4v) is 3.44. The molecule has 2 aromatic rings. The van der Waals surface area contributed by atoms with Gasteiger partial charge in [-0.15, -0.1) is 0 Å². The Morgan fingerprint density at radius 1 is 0.964 bits per heavy atom. The number of anilines is 2. The first-order valence-electron chi connectivity index (χ1n) is 9.45. The van der Waals surface area contributed by atoms with Gasteiger partial charge in [0.15, 0.2) is 0 Å². The molecule has 1 aromatic heterocycles. The van der Waals surface area contributed by atoms with E-state index in [0.717, 1.165) is 37.9 Å². The minimum absolute atomic E-state index is 0.000771. The highest BCUT2D eigenvalue weighted by Crippen LogP contribution is 2.18. The molecule has 0 N–H and O–H groups in total. The number of amides is 1. The summed E-state index contributed by atoms with van der Waals surface area (Å²) in [5.74, 6) is 1.62. The molecule has 0 aliphatic carbocycles. The summed E-state index contributed by atoms with van der Waals surface area (Å²) in [4.78, 5) is 28.0. The largest absolute Gasteiger partial charge is 0.378 e. The van der Waals surface area contributed by atoms with E-state index in [-0.39, 0.29) is 5.91 Å². The van der Waals surface area contributed by atoms with Crippen LogP contribution in [0.1, 0.15) is 15.9 Å². The van der Waals surface area contributed by atoms with Gasteiger partial charge in [0, 0.05) is 51.0 Å². The Morgan fingerprint density at radius 3 is 2.36 bits per heavy atom. The molecule has 3 heterocycles. The van der Waals surface area contributed by atoms with Gasteiger partial charge in [-0.05, 0) is 30.3 Å². The molecule has 4 rings (SSSR count). The maximum Gasteiger partial charge on any atom is 0.253 e. The first-order valence-corrected chi connectivity index (χ1v) is 9.45. The van der Waals surface area contributed by atoms with Gasteiger partial charge in [-0.3, -0.25) is 4.79 Å². The van der Waals surface area contributed by atoms with Gasteiger partial charge in [-0.1, -0.05) is 0 Å². The van der Waals surface area contributed by atoms with Crippen LogP contribution in [0.2, 0.25) is 0 Å². The van der Waals surface area contributed by atoms with Crippen LogP contribution in [-0.2, 0) is 4.74 Å². The summed E-state index contributed by atoms with van der Waals surface area (Å²) < 4.78 is 5.39. The molecule has 144 valence electrons. The predicted octanol–water partition coefficient (Wildman–Crippen LogP) is 1.15. The number of hydrogen-bond donors (Lipinski definition) is 0. The maximum absolute atomic E-state index is 12.7. The van der Waals surface area contributed by atoms with E-state index in [1.807, 2.05) is 11.0 Å². The smallest absolute Gasteiger partial charge is 0.253 e. The molecule has 0 saturated carbocycles. The van der Waals surface area contributed by atoms with Crippen molar-refractivity contribution in [3.63, 3.8) is 0 Å². The van der Waals surface area contributed by atoms with Gasteiger partial charge in [-0.2, -0.15) is 10.2 Å². The number of rotatable bonds is 3. The Bertz CT molecular complexity index is 865. The molecule has 1 aromatic carbocycles. The van der Waals surface area contributed by atoms with Crippen molar-refractivity contribution in [2.24, 2.45) is 0 Å². The van der Waals surface area contributed by atoms with Crippen LogP contribution in [0.4, 0.5) is 11.8 Å². The van der Waals surface area contributed by atoms with Gasteiger partial charge >= 0.3 is 0 Å². The lowest BCUT2D eigenvalue weighted by Crippen LogP contribution is -2.49. The first kappa shape index (κ1) is 18.2. The number of morpholine rings is 1. The lowest BCUT2D eigenvalue weighted by Gasteiger charge is -2.36. The Balaban J connectivity index is 1.38. The number of carbonyl (C=O) groups is 1. The summed E-state index contributed by atoms with van der Waals surface area (Å²) in [5, 5.41) is 8.89. The van der Waals surface area contributed by atoms with Crippen LogP contribution in [-0.4, -0.2) is 73.3 Å². The zero-order valence-electron chi connectivity index (χ0n) is 15.6. The highest BCUT2D eigenvalue weighted by atomic mass is 16.5. The molecule has 2 aliphatic rings. The number of aromatic nitrogens is 2. The van der Waals surface area contributed by atoms with Crippen molar-refractivity contribution in [1.29, 1.82) is 5.26 Å². The molecule has 2 saturated heterocycles. The van der Waals surface area contributed by atoms with Crippen LogP contribution in [0.25, 0.3) is 0 Å². The number of nitrogens with zero attached hydrogens (tertiary/aromatic N) is 6. The minimum atomic E-state index is 0.000771. The van der Waals surface area contributed by atoms with Crippen molar-refractivity contribution >= 4 is 17.7 Å². The lowest BCUT2D eigenvalue weighted by molar-refractivity contribution is 0.0746. The predicted molar refractivity (Wildman–Crippen MR) is 104 cm³/mol. The highest BCUT2D eigenvalue weighted by molar-refractivity contribution is 5.94. The van der Waals surface area contributed by atoms with E-state index in [4.69, 9.17) is 15.0 Å². The SMILES string of the molecule is N#Cc1ccc(C(=O)N2CCN(c3ccnc(N4CCOCC4)n3)CC2)cc1. The number of piperazine rings is 1. The van der Waals surface area contributed by atoms with E-state index in [2.05, 4.69) is 20.9 Å². The molecule has 0 atom stereocenters. The van der Waals surface area contributed by atoms with Gasteiger partial charge < -0.3 is 19.4 Å². The third-order valence-corrected chi connectivity index (χ3v) is 5.07. The van der Waals surface area contributed by atoms with E-state index >= 15 is 0 Å². The number of carbonyl (C=O) groups excluding carboxylic acids is 1. The zero-order valence-corrected chi connectivity index (χ0v) is 15.6. The molecule has 0 unspecified atom stereocenters. The topological polar surface area (TPSA) is 85.6 Å². The number of hydrogen-bond acceptors (Lipinski definition) is 7. The Morgan fingerprint density at radius 2 is 1.68 bits per heavy atom. The molecular weight excluding hydrogens is 356 g/mol. The van der Waals surface area contributed by atoms with Gasteiger partial charge in [0.1, 0.15) is 5.82 Å². The average molecular weight is 378 g/mol. The summed E-state index contributed by atoms with van der Waals surface area (Å²) in [6.07, 6.45) is 1.79. The Kier molecular flexibility index (Phi) is 5.35. The van der Waals surface area contributed by atoms with E-state index in [1.165, 1.54) is 0 Å². The fourth-order valence-electron chi connectivity index (χ4n) is 3.44. The number of nitriles is 1. The second-order valence-corrected chi connectivity index (χ2v) is 6.78. The van der Waals surface area contributed by atoms with Crippen molar-refractivity contribution in [2.45, 2.75) is 0 Å². The standard InChI is InChI=1S/C20H22N6O2/c21-15-16-1-3-17(4-2-16)19(27)25-9-7-24(8-10-25)18-5-6-22-20(23-18)26-11-13-28-14-12-26/h1-6H,7-14H2. The van der Waals surface area contributed by atoms with Gasteiger partial charge in [0.2, 0.25) is 5.95 Å². The Labute approximate surface area is 164 Å². The van der Waals surface area contributed by atoms with Gasteiger partial charge in [0.05, 0.1) is 24.8 Å². The molecule has 8 heteroatoms. The second-order valence-electron chi connectivity index (χ2n) is 6.78. The normalized spacial score (nSPS) is 17.3. The van der Waals surface area contributed by atoms with Crippen LogP contribution in [0.15, 0.2) is 36.5 Å². The summed E-state index contributed by atoms with van der Waals surface area (Å²) in [6.45, 7) is 5.72. The third kappa shape index (κ3) is 3.89. The van der Waals surface area contributed by atoms with Crippen LogP contribution in [0.3, 0.4) is 0 Å².